The maximum absolute atomic E-state index is 11.6. The van der Waals surface area contributed by atoms with E-state index < -0.39 is 17.7 Å². The number of hydrogen-bond donors (Lipinski definition) is 1. The molecule has 0 saturated carbocycles. The molecule has 108 valence electrons. The van der Waals surface area contributed by atoms with Gasteiger partial charge in [-0.1, -0.05) is 6.07 Å². The lowest BCUT2D eigenvalue weighted by atomic mass is 10.2. The molecule has 0 aliphatic carbocycles. The number of carbonyl (C=O) groups is 1. The molecular formula is C14H19N3O3. The first kappa shape index (κ1) is 15.8. The van der Waals surface area contributed by atoms with Crippen molar-refractivity contribution in [2.24, 2.45) is 0 Å². The maximum Gasteiger partial charge on any atom is 0.408 e. The van der Waals surface area contributed by atoms with Crippen LogP contribution in [-0.4, -0.2) is 35.9 Å². The highest BCUT2D eigenvalue weighted by atomic mass is 16.6. The monoisotopic (exact) mass is 277 g/mol. The van der Waals surface area contributed by atoms with Gasteiger partial charge in [-0.15, -0.1) is 0 Å². The molecule has 0 aliphatic heterocycles. The first-order valence-corrected chi connectivity index (χ1v) is 6.27. The Morgan fingerprint density at radius 1 is 1.50 bits per heavy atom. The second-order valence-electron chi connectivity index (χ2n) is 5.16. The summed E-state index contributed by atoms with van der Waals surface area (Å²) < 4.78 is 10.6. The van der Waals surface area contributed by atoms with E-state index in [2.05, 4.69) is 15.1 Å². The van der Waals surface area contributed by atoms with Crippen molar-refractivity contribution in [2.75, 3.05) is 13.2 Å². The molecule has 0 radical (unpaired) electrons. The zero-order valence-corrected chi connectivity index (χ0v) is 11.9. The molecule has 1 atom stereocenters. The largest absolute Gasteiger partial charge is 0.475 e. The third-order valence-corrected chi connectivity index (χ3v) is 2.10. The molecule has 1 amide bonds. The molecular weight excluding hydrogens is 258 g/mol. The fourth-order valence-corrected chi connectivity index (χ4v) is 1.34. The average Bonchev–Trinajstić information content (AvgIpc) is 2.35. The molecule has 0 saturated heterocycles. The van der Waals surface area contributed by atoms with Gasteiger partial charge in [-0.05, 0) is 26.8 Å². The van der Waals surface area contributed by atoms with Crippen LogP contribution in [0.1, 0.15) is 20.8 Å². The highest BCUT2D eigenvalue weighted by Gasteiger charge is 2.21. The number of rotatable bonds is 5. The number of nitrogens with one attached hydrogen (secondary N) is 1. The number of hydrogen-bond acceptors (Lipinski definition) is 4. The van der Waals surface area contributed by atoms with Crippen molar-refractivity contribution < 1.29 is 14.3 Å². The standard InChI is InChI=1S/C14H19N3O3/c1-14(2,3)20-13(18)17-11(9-15-4)10-19-12-7-5-6-8-16-12/h5-8,11H,9-10H2,1-3H3,(H,17,18). The fourth-order valence-electron chi connectivity index (χ4n) is 1.34. The van der Waals surface area contributed by atoms with Crippen molar-refractivity contribution >= 4 is 6.09 Å². The molecule has 1 rings (SSSR count). The summed E-state index contributed by atoms with van der Waals surface area (Å²) >= 11 is 0. The number of ether oxygens (including phenoxy) is 2. The van der Waals surface area contributed by atoms with Crippen LogP contribution in [0.5, 0.6) is 5.88 Å². The first-order valence-electron chi connectivity index (χ1n) is 6.27. The van der Waals surface area contributed by atoms with E-state index in [1.807, 2.05) is 0 Å². The molecule has 0 bridgehead atoms. The lowest BCUT2D eigenvalue weighted by molar-refractivity contribution is 0.0492. The summed E-state index contributed by atoms with van der Waals surface area (Å²) in [5.74, 6) is 0.452. The average molecular weight is 277 g/mol. The van der Waals surface area contributed by atoms with Crippen molar-refractivity contribution in [2.45, 2.75) is 32.4 Å². The van der Waals surface area contributed by atoms with Gasteiger partial charge in [0.25, 0.3) is 0 Å². The Labute approximate surface area is 118 Å². The van der Waals surface area contributed by atoms with Crippen LogP contribution in [0, 0.1) is 6.57 Å². The summed E-state index contributed by atoms with van der Waals surface area (Å²) in [4.78, 5) is 18.9. The van der Waals surface area contributed by atoms with E-state index in [-0.39, 0.29) is 13.2 Å². The number of aromatic nitrogens is 1. The van der Waals surface area contributed by atoms with E-state index in [0.717, 1.165) is 0 Å². The Hall–Kier alpha value is -2.29. The zero-order valence-electron chi connectivity index (χ0n) is 11.9. The van der Waals surface area contributed by atoms with Crippen LogP contribution in [0.25, 0.3) is 4.85 Å². The van der Waals surface area contributed by atoms with Gasteiger partial charge in [0.05, 0.1) is 0 Å². The molecule has 0 spiro atoms. The number of carbonyl (C=O) groups excluding carboxylic acids is 1. The molecule has 0 fully saturated rings. The highest BCUT2D eigenvalue weighted by Crippen LogP contribution is 2.07. The van der Waals surface area contributed by atoms with E-state index in [0.29, 0.717) is 5.88 Å². The van der Waals surface area contributed by atoms with Crippen molar-refractivity contribution in [1.29, 1.82) is 0 Å². The number of alkyl carbamates (subject to hydrolysis) is 1. The van der Waals surface area contributed by atoms with Gasteiger partial charge in [0.1, 0.15) is 18.2 Å². The van der Waals surface area contributed by atoms with E-state index >= 15 is 0 Å². The Balaban J connectivity index is 2.48. The fraction of sp³-hybridized carbons (Fsp3) is 0.500. The van der Waals surface area contributed by atoms with Gasteiger partial charge >= 0.3 is 6.09 Å². The molecule has 6 heteroatoms. The first-order chi connectivity index (χ1) is 9.40. The summed E-state index contributed by atoms with van der Waals surface area (Å²) in [6.07, 6.45) is 1.05. The smallest absolute Gasteiger partial charge is 0.408 e. The van der Waals surface area contributed by atoms with Crippen molar-refractivity contribution in [1.82, 2.24) is 10.3 Å². The molecule has 0 aliphatic rings. The SMILES string of the molecule is [C-]#[N+]CC(COc1ccccn1)NC(=O)OC(C)(C)C. The lowest BCUT2D eigenvalue weighted by Crippen LogP contribution is -2.43. The Bertz CT molecular complexity index is 463. The molecule has 20 heavy (non-hydrogen) atoms. The van der Waals surface area contributed by atoms with Gasteiger partial charge in [0.15, 0.2) is 0 Å². The topological polar surface area (TPSA) is 64.8 Å². The molecule has 1 heterocycles. The van der Waals surface area contributed by atoms with Gasteiger partial charge in [0.2, 0.25) is 12.4 Å². The van der Waals surface area contributed by atoms with E-state index in [1.54, 1.807) is 45.2 Å². The minimum Gasteiger partial charge on any atom is -0.475 e. The lowest BCUT2D eigenvalue weighted by Gasteiger charge is -2.21. The summed E-state index contributed by atoms with van der Waals surface area (Å²) in [5, 5.41) is 2.62. The van der Waals surface area contributed by atoms with Crippen LogP contribution >= 0.6 is 0 Å². The van der Waals surface area contributed by atoms with Crippen LogP contribution in [0.3, 0.4) is 0 Å². The van der Waals surface area contributed by atoms with Crippen molar-refractivity contribution in [3.8, 4) is 5.88 Å². The summed E-state index contributed by atoms with van der Waals surface area (Å²) in [5.41, 5.74) is -0.575. The number of amides is 1. The van der Waals surface area contributed by atoms with E-state index in [4.69, 9.17) is 16.0 Å². The normalized spacial score (nSPS) is 12.1. The quantitative estimate of drug-likeness (QED) is 0.839. The van der Waals surface area contributed by atoms with E-state index in [1.165, 1.54) is 0 Å². The molecule has 0 aromatic carbocycles. The molecule has 1 aromatic heterocycles. The number of nitrogens with zero attached hydrogens (tertiary/aromatic N) is 2. The second kappa shape index (κ2) is 7.34. The number of pyridine rings is 1. The Morgan fingerprint density at radius 2 is 2.25 bits per heavy atom. The van der Waals surface area contributed by atoms with Gasteiger partial charge in [-0.3, -0.25) is 0 Å². The third-order valence-electron chi connectivity index (χ3n) is 2.10. The van der Waals surface area contributed by atoms with E-state index in [9.17, 15) is 4.79 Å². The maximum atomic E-state index is 11.6. The van der Waals surface area contributed by atoms with Crippen molar-refractivity contribution in [3.05, 3.63) is 35.8 Å². The highest BCUT2D eigenvalue weighted by molar-refractivity contribution is 5.68. The van der Waals surface area contributed by atoms with Crippen LogP contribution in [0.15, 0.2) is 24.4 Å². The van der Waals surface area contributed by atoms with Crippen LogP contribution in [0.2, 0.25) is 0 Å². The zero-order chi connectivity index (χ0) is 15.0. The summed E-state index contributed by atoms with van der Waals surface area (Å²) in [7, 11) is 0. The van der Waals surface area contributed by atoms with Gasteiger partial charge in [-0.25, -0.2) is 16.4 Å². The van der Waals surface area contributed by atoms with Gasteiger partial charge < -0.3 is 19.6 Å². The predicted molar refractivity (Wildman–Crippen MR) is 74.4 cm³/mol. The molecule has 1 N–H and O–H groups in total. The van der Waals surface area contributed by atoms with Crippen LogP contribution in [0.4, 0.5) is 4.79 Å². The summed E-state index contributed by atoms with van der Waals surface area (Å²) in [6.45, 7) is 12.5. The third kappa shape index (κ3) is 6.59. The van der Waals surface area contributed by atoms with Crippen LogP contribution in [-0.2, 0) is 4.74 Å². The Morgan fingerprint density at radius 3 is 2.80 bits per heavy atom. The molecule has 1 unspecified atom stereocenters. The van der Waals surface area contributed by atoms with Gasteiger partial charge in [-0.2, -0.15) is 0 Å². The second-order valence-corrected chi connectivity index (χ2v) is 5.16. The minimum absolute atomic E-state index is 0.117. The predicted octanol–water partition coefficient (Wildman–Crippen LogP) is 2.27. The van der Waals surface area contributed by atoms with Crippen LogP contribution < -0.4 is 10.1 Å². The van der Waals surface area contributed by atoms with Crippen molar-refractivity contribution in [3.63, 3.8) is 0 Å². The molecule has 6 nitrogen and oxygen atoms in total. The Kier molecular flexibility index (Phi) is 5.78. The summed E-state index contributed by atoms with van der Waals surface area (Å²) in [6, 6.07) is 4.85. The minimum atomic E-state index is -0.575. The molecule has 1 aromatic rings. The van der Waals surface area contributed by atoms with Gasteiger partial charge in [0, 0.05) is 12.3 Å².